The minimum absolute atomic E-state index is 0.113. The summed E-state index contributed by atoms with van der Waals surface area (Å²) in [5, 5.41) is 8.22. The van der Waals surface area contributed by atoms with E-state index in [9.17, 15) is 13.2 Å². The molecule has 1 fully saturated rings. The second-order valence-electron chi connectivity index (χ2n) is 6.13. The van der Waals surface area contributed by atoms with Gasteiger partial charge in [-0.1, -0.05) is 42.5 Å². The smallest absolute Gasteiger partial charge is 0.317 e. The second kappa shape index (κ2) is 7.76. The van der Waals surface area contributed by atoms with Crippen LogP contribution in [0, 0.1) is 0 Å². The summed E-state index contributed by atoms with van der Waals surface area (Å²) in [7, 11) is -3.79. The maximum Gasteiger partial charge on any atom is 0.317 e. The van der Waals surface area contributed by atoms with Crippen molar-refractivity contribution < 1.29 is 13.2 Å². The van der Waals surface area contributed by atoms with Gasteiger partial charge in [-0.15, -0.1) is 0 Å². The summed E-state index contributed by atoms with van der Waals surface area (Å²) in [6.07, 6.45) is 0. The van der Waals surface area contributed by atoms with Crippen LogP contribution in [0.15, 0.2) is 59.5 Å². The Labute approximate surface area is 153 Å². The summed E-state index contributed by atoms with van der Waals surface area (Å²) in [5.74, 6) is 0. The molecule has 0 radical (unpaired) electrons. The Morgan fingerprint density at radius 1 is 0.962 bits per heavy atom. The summed E-state index contributed by atoms with van der Waals surface area (Å²) in [6, 6.07) is 16.3. The van der Waals surface area contributed by atoms with Gasteiger partial charge < -0.3 is 15.1 Å². The standard InChI is InChI=1S/C18H22N4O3S/c19-26(24,25)17-9-5-4-8-16(17)21-10-12-22(13-11-21)18(23)20-14-15-6-2-1-3-7-15/h1-9H,10-14H2,(H,20,23)(H2,19,24,25). The van der Waals surface area contributed by atoms with Gasteiger partial charge >= 0.3 is 6.03 Å². The molecule has 1 aliphatic rings. The molecule has 7 nitrogen and oxygen atoms in total. The van der Waals surface area contributed by atoms with Crippen LogP contribution in [0.3, 0.4) is 0 Å². The van der Waals surface area contributed by atoms with E-state index in [1.54, 1.807) is 23.1 Å². The average Bonchev–Trinajstić information content (AvgIpc) is 2.66. The summed E-state index contributed by atoms with van der Waals surface area (Å²) < 4.78 is 23.5. The molecular formula is C18H22N4O3S. The van der Waals surface area contributed by atoms with Crippen molar-refractivity contribution in [1.29, 1.82) is 0 Å². The number of piperazine rings is 1. The third-order valence-electron chi connectivity index (χ3n) is 4.37. The summed E-state index contributed by atoms with van der Waals surface area (Å²) in [4.78, 5) is 16.1. The number of para-hydroxylation sites is 1. The Hall–Kier alpha value is -2.58. The zero-order valence-corrected chi connectivity index (χ0v) is 15.2. The first-order chi connectivity index (χ1) is 12.4. The maximum absolute atomic E-state index is 12.3. The van der Waals surface area contributed by atoms with Crippen molar-refractivity contribution in [3.63, 3.8) is 0 Å². The fourth-order valence-corrected chi connectivity index (χ4v) is 3.75. The van der Waals surface area contributed by atoms with Crippen LogP contribution in [0.5, 0.6) is 0 Å². The number of hydrogen-bond acceptors (Lipinski definition) is 4. The van der Waals surface area contributed by atoms with Crippen LogP contribution in [-0.2, 0) is 16.6 Å². The largest absolute Gasteiger partial charge is 0.367 e. The molecule has 0 bridgehead atoms. The van der Waals surface area contributed by atoms with Gasteiger partial charge in [0.2, 0.25) is 10.0 Å². The van der Waals surface area contributed by atoms with Crippen LogP contribution < -0.4 is 15.4 Å². The average molecular weight is 374 g/mol. The first-order valence-corrected chi connectivity index (χ1v) is 9.93. The Bertz CT molecular complexity index is 863. The Morgan fingerprint density at radius 3 is 2.23 bits per heavy atom. The molecule has 3 N–H and O–H groups in total. The third-order valence-corrected chi connectivity index (χ3v) is 5.32. The van der Waals surface area contributed by atoms with Crippen molar-refractivity contribution in [2.45, 2.75) is 11.4 Å². The van der Waals surface area contributed by atoms with Gasteiger partial charge in [0.25, 0.3) is 0 Å². The van der Waals surface area contributed by atoms with E-state index in [2.05, 4.69) is 5.32 Å². The number of hydrogen-bond donors (Lipinski definition) is 2. The van der Waals surface area contributed by atoms with Gasteiger partial charge in [-0.25, -0.2) is 18.4 Å². The van der Waals surface area contributed by atoms with Crippen LogP contribution in [0.1, 0.15) is 5.56 Å². The highest BCUT2D eigenvalue weighted by molar-refractivity contribution is 7.89. The number of sulfonamides is 1. The summed E-state index contributed by atoms with van der Waals surface area (Å²) in [5.41, 5.74) is 1.63. The van der Waals surface area contributed by atoms with Gasteiger partial charge in [0, 0.05) is 32.7 Å². The number of nitrogens with two attached hydrogens (primary N) is 1. The van der Waals surface area contributed by atoms with E-state index in [0.29, 0.717) is 38.4 Å². The number of carbonyl (C=O) groups is 1. The molecule has 0 aliphatic carbocycles. The molecule has 2 aromatic rings. The van der Waals surface area contributed by atoms with Gasteiger partial charge in [-0.2, -0.15) is 0 Å². The molecule has 1 saturated heterocycles. The zero-order valence-electron chi connectivity index (χ0n) is 14.3. The van der Waals surface area contributed by atoms with Crippen molar-refractivity contribution >= 4 is 21.7 Å². The molecule has 2 amide bonds. The van der Waals surface area contributed by atoms with E-state index >= 15 is 0 Å². The van der Waals surface area contributed by atoms with Crippen LogP contribution in [0.2, 0.25) is 0 Å². The molecule has 26 heavy (non-hydrogen) atoms. The Morgan fingerprint density at radius 2 is 1.58 bits per heavy atom. The van der Waals surface area contributed by atoms with E-state index in [4.69, 9.17) is 5.14 Å². The van der Waals surface area contributed by atoms with Crippen LogP contribution in [-0.4, -0.2) is 45.5 Å². The third kappa shape index (κ3) is 4.33. The predicted molar refractivity (Wildman–Crippen MR) is 100 cm³/mol. The maximum atomic E-state index is 12.3. The van der Waals surface area contributed by atoms with E-state index < -0.39 is 10.0 Å². The van der Waals surface area contributed by atoms with Crippen LogP contribution >= 0.6 is 0 Å². The molecule has 0 spiro atoms. The van der Waals surface area contributed by atoms with Gasteiger partial charge in [0.05, 0.1) is 5.69 Å². The highest BCUT2D eigenvalue weighted by atomic mass is 32.2. The van der Waals surface area contributed by atoms with E-state index in [1.807, 2.05) is 35.2 Å². The highest BCUT2D eigenvalue weighted by Gasteiger charge is 2.24. The molecule has 3 rings (SSSR count). The summed E-state index contributed by atoms with van der Waals surface area (Å²) in [6.45, 7) is 2.60. The Kier molecular flexibility index (Phi) is 5.43. The molecule has 0 unspecified atom stereocenters. The van der Waals surface area contributed by atoms with Gasteiger partial charge in [0.15, 0.2) is 0 Å². The lowest BCUT2D eigenvalue weighted by atomic mass is 10.2. The number of nitrogens with one attached hydrogen (secondary N) is 1. The fraction of sp³-hybridized carbons (Fsp3) is 0.278. The van der Waals surface area contributed by atoms with Crippen molar-refractivity contribution in [3.8, 4) is 0 Å². The zero-order chi connectivity index (χ0) is 18.6. The van der Waals surface area contributed by atoms with Gasteiger partial charge in [-0.05, 0) is 17.7 Å². The van der Waals surface area contributed by atoms with Crippen molar-refractivity contribution in [2.75, 3.05) is 31.1 Å². The van der Waals surface area contributed by atoms with Crippen molar-refractivity contribution in [1.82, 2.24) is 10.2 Å². The number of primary sulfonamides is 1. The lowest BCUT2D eigenvalue weighted by Gasteiger charge is -2.36. The minimum Gasteiger partial charge on any atom is -0.367 e. The first-order valence-electron chi connectivity index (χ1n) is 8.38. The topological polar surface area (TPSA) is 95.7 Å². The monoisotopic (exact) mass is 374 g/mol. The van der Waals surface area contributed by atoms with E-state index in [1.165, 1.54) is 6.07 Å². The number of benzene rings is 2. The van der Waals surface area contributed by atoms with E-state index in [0.717, 1.165) is 5.56 Å². The lowest BCUT2D eigenvalue weighted by molar-refractivity contribution is 0.194. The van der Waals surface area contributed by atoms with Gasteiger partial charge in [0.1, 0.15) is 4.90 Å². The second-order valence-corrected chi connectivity index (χ2v) is 7.66. The number of urea groups is 1. The molecule has 1 aliphatic heterocycles. The molecule has 8 heteroatoms. The molecule has 0 aromatic heterocycles. The number of anilines is 1. The number of nitrogens with zero attached hydrogens (tertiary/aromatic N) is 2. The van der Waals surface area contributed by atoms with E-state index in [-0.39, 0.29) is 10.9 Å². The fourth-order valence-electron chi connectivity index (χ4n) is 2.99. The molecular weight excluding hydrogens is 352 g/mol. The molecule has 0 atom stereocenters. The SMILES string of the molecule is NS(=O)(=O)c1ccccc1N1CCN(C(=O)NCc2ccccc2)CC1. The quantitative estimate of drug-likeness (QED) is 0.845. The molecule has 138 valence electrons. The number of carbonyl (C=O) groups excluding carboxylic acids is 1. The first kappa shape index (κ1) is 18.2. The van der Waals surface area contributed by atoms with Crippen molar-refractivity contribution in [2.24, 2.45) is 5.14 Å². The number of rotatable bonds is 4. The van der Waals surface area contributed by atoms with Gasteiger partial charge in [-0.3, -0.25) is 0 Å². The lowest BCUT2D eigenvalue weighted by Crippen LogP contribution is -2.52. The molecule has 0 saturated carbocycles. The molecule has 2 aromatic carbocycles. The number of amides is 2. The highest BCUT2D eigenvalue weighted by Crippen LogP contribution is 2.25. The minimum atomic E-state index is -3.79. The van der Waals surface area contributed by atoms with Crippen molar-refractivity contribution in [3.05, 3.63) is 60.2 Å². The normalized spacial score (nSPS) is 15.0. The van der Waals surface area contributed by atoms with Crippen LogP contribution in [0.4, 0.5) is 10.5 Å². The molecule has 1 heterocycles. The Balaban J connectivity index is 1.59. The van der Waals surface area contributed by atoms with Crippen LogP contribution in [0.25, 0.3) is 0 Å². The summed E-state index contributed by atoms with van der Waals surface area (Å²) >= 11 is 0. The predicted octanol–water partition coefficient (Wildman–Crippen LogP) is 1.37.